The average Bonchev–Trinajstić information content (AvgIpc) is 2.63. The Labute approximate surface area is 169 Å². The first-order valence-corrected chi connectivity index (χ1v) is 9.48. The molecule has 0 unspecified atom stereocenters. The van der Waals surface area contributed by atoms with E-state index < -0.39 is 0 Å². The van der Waals surface area contributed by atoms with E-state index in [0.29, 0.717) is 34.5 Å². The lowest BCUT2D eigenvalue weighted by Crippen LogP contribution is -2.11. The number of nitrogens with zero attached hydrogens (tertiary/aromatic N) is 1. The number of pyridine rings is 1. The van der Waals surface area contributed by atoms with Gasteiger partial charge in [0, 0.05) is 28.2 Å². The second kappa shape index (κ2) is 8.34. The van der Waals surface area contributed by atoms with Gasteiger partial charge in [0.2, 0.25) is 0 Å². The Morgan fingerprint density at radius 1 is 1.00 bits per heavy atom. The van der Waals surface area contributed by atoms with E-state index in [0.717, 1.165) is 33.5 Å². The molecule has 0 radical (unpaired) electrons. The predicted molar refractivity (Wildman–Crippen MR) is 111 cm³/mol. The fraction of sp³-hybridized carbons (Fsp3) is 0.286. The lowest BCUT2D eigenvalue weighted by molar-refractivity contribution is 0.303. The van der Waals surface area contributed by atoms with Crippen molar-refractivity contribution >= 4 is 34.1 Å². The average molecular weight is 405 g/mol. The lowest BCUT2D eigenvalue weighted by atomic mass is 10.0. The Hall–Kier alpha value is -2.01. The quantitative estimate of drug-likeness (QED) is 0.598. The fourth-order valence-corrected chi connectivity index (χ4v) is 3.55. The Morgan fingerprint density at radius 2 is 1.78 bits per heavy atom. The van der Waals surface area contributed by atoms with Crippen LogP contribution in [0.25, 0.3) is 10.9 Å². The van der Waals surface area contributed by atoms with Crippen molar-refractivity contribution in [1.82, 2.24) is 4.98 Å². The SMILES string of the molecule is Cc1ccc2c(C)cc(C)c(OCc3c(Cl)ccc(OCCN)c3Cl)c2n1. The van der Waals surface area contributed by atoms with Crippen molar-refractivity contribution in [2.24, 2.45) is 5.73 Å². The van der Waals surface area contributed by atoms with Crippen LogP contribution in [0.1, 0.15) is 22.4 Å². The van der Waals surface area contributed by atoms with Gasteiger partial charge in [-0.1, -0.05) is 35.3 Å². The molecular weight excluding hydrogens is 383 g/mol. The number of benzene rings is 2. The molecule has 0 fully saturated rings. The summed E-state index contributed by atoms with van der Waals surface area (Å²) in [5.74, 6) is 1.28. The molecule has 3 rings (SSSR count). The maximum atomic E-state index is 6.48. The summed E-state index contributed by atoms with van der Waals surface area (Å²) in [5.41, 5.74) is 10.1. The van der Waals surface area contributed by atoms with Crippen LogP contribution in [0.2, 0.25) is 10.0 Å². The minimum atomic E-state index is 0.214. The molecule has 0 aliphatic rings. The smallest absolute Gasteiger partial charge is 0.148 e. The molecule has 0 amide bonds. The summed E-state index contributed by atoms with van der Waals surface area (Å²) in [6, 6.07) is 9.65. The molecular formula is C21H22Cl2N2O2. The molecule has 2 aromatic carbocycles. The number of halogens is 2. The molecule has 27 heavy (non-hydrogen) atoms. The molecule has 0 spiro atoms. The molecule has 0 saturated heterocycles. The van der Waals surface area contributed by atoms with E-state index >= 15 is 0 Å². The van der Waals surface area contributed by atoms with Gasteiger partial charge in [-0.15, -0.1) is 0 Å². The molecule has 6 heteroatoms. The van der Waals surface area contributed by atoms with Crippen LogP contribution in [0.4, 0.5) is 0 Å². The normalized spacial score (nSPS) is 11.0. The Kier molecular flexibility index (Phi) is 6.10. The molecule has 0 aliphatic carbocycles. The highest BCUT2D eigenvalue weighted by Gasteiger charge is 2.16. The molecule has 3 aromatic rings. The number of fused-ring (bicyclic) bond motifs is 1. The van der Waals surface area contributed by atoms with Crippen LogP contribution in [0.3, 0.4) is 0 Å². The summed E-state index contributed by atoms with van der Waals surface area (Å²) in [4.78, 5) is 4.68. The molecule has 0 saturated carbocycles. The third-order valence-corrected chi connectivity index (χ3v) is 5.12. The van der Waals surface area contributed by atoms with Crippen molar-refractivity contribution in [2.45, 2.75) is 27.4 Å². The number of aromatic nitrogens is 1. The number of nitrogens with two attached hydrogens (primary N) is 1. The Bertz CT molecular complexity index is 990. The third kappa shape index (κ3) is 4.13. The lowest BCUT2D eigenvalue weighted by Gasteiger charge is -2.16. The summed E-state index contributed by atoms with van der Waals surface area (Å²) in [6.07, 6.45) is 0. The van der Waals surface area contributed by atoms with Gasteiger partial charge in [-0.05, 0) is 50.1 Å². The van der Waals surface area contributed by atoms with Crippen molar-refractivity contribution < 1.29 is 9.47 Å². The van der Waals surface area contributed by atoms with Crippen LogP contribution >= 0.6 is 23.2 Å². The zero-order valence-electron chi connectivity index (χ0n) is 15.6. The van der Waals surface area contributed by atoms with Gasteiger partial charge in [-0.3, -0.25) is 0 Å². The number of hydrogen-bond acceptors (Lipinski definition) is 4. The van der Waals surface area contributed by atoms with E-state index in [1.54, 1.807) is 12.1 Å². The second-order valence-corrected chi connectivity index (χ2v) is 7.24. The zero-order valence-corrected chi connectivity index (χ0v) is 17.1. The van der Waals surface area contributed by atoms with E-state index in [1.165, 1.54) is 0 Å². The van der Waals surface area contributed by atoms with E-state index in [1.807, 2.05) is 19.9 Å². The predicted octanol–water partition coefficient (Wildman–Crippen LogP) is 5.38. The van der Waals surface area contributed by atoms with Gasteiger partial charge in [-0.25, -0.2) is 4.98 Å². The first kappa shape index (κ1) is 19.7. The fourth-order valence-electron chi connectivity index (χ4n) is 3.02. The topological polar surface area (TPSA) is 57.4 Å². The van der Waals surface area contributed by atoms with Gasteiger partial charge in [0.25, 0.3) is 0 Å². The maximum absolute atomic E-state index is 6.48. The number of rotatable bonds is 6. The molecule has 1 heterocycles. The molecule has 2 N–H and O–H groups in total. The minimum Gasteiger partial charge on any atom is -0.491 e. The second-order valence-electron chi connectivity index (χ2n) is 6.45. The molecule has 0 bridgehead atoms. The van der Waals surface area contributed by atoms with Crippen LogP contribution < -0.4 is 15.2 Å². The summed E-state index contributed by atoms with van der Waals surface area (Å²) in [5, 5.41) is 2.03. The summed E-state index contributed by atoms with van der Waals surface area (Å²) >= 11 is 12.8. The van der Waals surface area contributed by atoms with Crippen LogP contribution in [0, 0.1) is 20.8 Å². The third-order valence-electron chi connectivity index (χ3n) is 4.35. The van der Waals surface area contributed by atoms with Crippen LogP contribution in [-0.4, -0.2) is 18.1 Å². The number of hydrogen-bond donors (Lipinski definition) is 1. The molecule has 4 nitrogen and oxygen atoms in total. The van der Waals surface area contributed by atoms with E-state index in [2.05, 4.69) is 24.0 Å². The van der Waals surface area contributed by atoms with Crippen molar-refractivity contribution in [2.75, 3.05) is 13.2 Å². The zero-order chi connectivity index (χ0) is 19.6. The highest BCUT2D eigenvalue weighted by molar-refractivity contribution is 6.36. The number of aryl methyl sites for hydroxylation is 3. The van der Waals surface area contributed by atoms with Gasteiger partial charge in [0.1, 0.15) is 30.2 Å². The van der Waals surface area contributed by atoms with Crippen molar-refractivity contribution in [1.29, 1.82) is 0 Å². The number of ether oxygens (including phenoxy) is 2. The summed E-state index contributed by atoms with van der Waals surface area (Å²) in [7, 11) is 0. The minimum absolute atomic E-state index is 0.214. The van der Waals surface area contributed by atoms with Gasteiger partial charge < -0.3 is 15.2 Å². The Morgan fingerprint density at radius 3 is 2.52 bits per heavy atom. The van der Waals surface area contributed by atoms with Gasteiger partial charge in [0.05, 0.1) is 5.02 Å². The molecule has 142 valence electrons. The largest absolute Gasteiger partial charge is 0.491 e. The highest BCUT2D eigenvalue weighted by atomic mass is 35.5. The molecule has 0 atom stereocenters. The van der Waals surface area contributed by atoms with Gasteiger partial charge >= 0.3 is 0 Å². The highest BCUT2D eigenvalue weighted by Crippen LogP contribution is 2.36. The van der Waals surface area contributed by atoms with Crippen molar-refractivity contribution in [3.63, 3.8) is 0 Å². The van der Waals surface area contributed by atoms with Gasteiger partial charge in [0.15, 0.2) is 0 Å². The van der Waals surface area contributed by atoms with Crippen LogP contribution in [-0.2, 0) is 6.61 Å². The summed E-state index contributed by atoms with van der Waals surface area (Å²) in [6.45, 7) is 7.05. The summed E-state index contributed by atoms with van der Waals surface area (Å²) < 4.78 is 11.7. The monoisotopic (exact) mass is 404 g/mol. The van der Waals surface area contributed by atoms with Gasteiger partial charge in [-0.2, -0.15) is 0 Å². The van der Waals surface area contributed by atoms with E-state index in [4.69, 9.17) is 38.4 Å². The molecule has 1 aromatic heterocycles. The maximum Gasteiger partial charge on any atom is 0.148 e. The van der Waals surface area contributed by atoms with Crippen molar-refractivity contribution in [3.05, 3.63) is 62.8 Å². The van der Waals surface area contributed by atoms with Crippen LogP contribution in [0.5, 0.6) is 11.5 Å². The van der Waals surface area contributed by atoms with E-state index in [9.17, 15) is 0 Å². The van der Waals surface area contributed by atoms with E-state index in [-0.39, 0.29) is 6.61 Å². The first-order chi connectivity index (χ1) is 12.9. The molecule has 0 aliphatic heterocycles. The Balaban J connectivity index is 1.97. The van der Waals surface area contributed by atoms with Crippen LogP contribution in [0.15, 0.2) is 30.3 Å². The first-order valence-electron chi connectivity index (χ1n) is 8.72. The standard InChI is InChI=1S/C21H22Cl2N2O2/c1-12-10-13(2)21(20-15(12)5-4-14(3)25-20)27-11-16-17(22)6-7-18(19(16)23)26-9-8-24/h4-7,10H,8-9,11,24H2,1-3H3. The van der Waals surface area contributed by atoms with Crippen molar-refractivity contribution in [3.8, 4) is 11.5 Å².